The van der Waals surface area contributed by atoms with E-state index in [0.717, 1.165) is 20.6 Å². The van der Waals surface area contributed by atoms with Gasteiger partial charge in [0.15, 0.2) is 0 Å². The Bertz CT molecular complexity index is 891. The molecule has 4 nitrogen and oxygen atoms in total. The van der Waals surface area contributed by atoms with E-state index in [1.165, 1.54) is 17.4 Å². The van der Waals surface area contributed by atoms with E-state index >= 15 is 0 Å². The lowest BCUT2D eigenvalue weighted by atomic mass is 10.2. The number of hydrogen-bond donors (Lipinski definition) is 1. The second-order valence-electron chi connectivity index (χ2n) is 4.74. The normalized spacial score (nSPS) is 12.1. The average molecular weight is 309 g/mol. The fraction of sp³-hybridized carbons (Fsp3) is 0.0588. The highest BCUT2D eigenvalue weighted by molar-refractivity contribution is 7.16. The summed E-state index contributed by atoms with van der Waals surface area (Å²) in [4.78, 5) is 12.6. The summed E-state index contributed by atoms with van der Waals surface area (Å²) >= 11 is 1.54. The highest BCUT2D eigenvalue weighted by Gasteiger charge is 2.01. The third-order valence-electron chi connectivity index (χ3n) is 3.20. The number of rotatable bonds is 3. The number of carbonyl (C=O) groups excluding carboxylic acids is 1. The van der Waals surface area contributed by atoms with Crippen LogP contribution in [0.3, 0.4) is 0 Å². The first kappa shape index (κ1) is 14.3. The van der Waals surface area contributed by atoms with Gasteiger partial charge in [-0.1, -0.05) is 53.8 Å². The van der Waals surface area contributed by atoms with Gasteiger partial charge in [0.2, 0.25) is 4.80 Å². The molecular weight excluding hydrogens is 294 g/mol. The maximum absolute atomic E-state index is 11.8. The van der Waals surface area contributed by atoms with Crippen molar-refractivity contribution in [1.29, 1.82) is 0 Å². The number of nitrogens with zero attached hydrogens (tertiary/aromatic N) is 2. The molecule has 1 aromatic heterocycles. The Morgan fingerprint density at radius 2 is 1.86 bits per heavy atom. The van der Waals surface area contributed by atoms with Gasteiger partial charge < -0.3 is 4.57 Å². The monoisotopic (exact) mass is 309 g/mol. The van der Waals surface area contributed by atoms with Crippen molar-refractivity contribution >= 4 is 33.5 Å². The first-order valence-corrected chi connectivity index (χ1v) is 7.67. The van der Waals surface area contributed by atoms with Crippen molar-refractivity contribution in [3.63, 3.8) is 0 Å². The molecule has 110 valence electrons. The van der Waals surface area contributed by atoms with E-state index in [9.17, 15) is 4.79 Å². The SMILES string of the molecule is Cn1/c(=N/NC(=O)/C=C/c2ccccc2)sc2ccccc21. The van der Waals surface area contributed by atoms with Crippen LogP contribution >= 0.6 is 11.3 Å². The van der Waals surface area contributed by atoms with E-state index in [2.05, 4.69) is 10.5 Å². The number of para-hydroxylation sites is 1. The Balaban J connectivity index is 1.76. The number of nitrogens with one attached hydrogen (secondary N) is 1. The van der Waals surface area contributed by atoms with Gasteiger partial charge in [0.05, 0.1) is 10.2 Å². The summed E-state index contributed by atoms with van der Waals surface area (Å²) in [5.41, 5.74) is 4.63. The van der Waals surface area contributed by atoms with Gasteiger partial charge in [0.1, 0.15) is 0 Å². The van der Waals surface area contributed by atoms with E-state index < -0.39 is 0 Å². The predicted octanol–water partition coefficient (Wildman–Crippen LogP) is 2.89. The number of benzene rings is 2. The van der Waals surface area contributed by atoms with Gasteiger partial charge in [-0.15, -0.1) is 5.10 Å². The van der Waals surface area contributed by atoms with Crippen LogP contribution in [0.1, 0.15) is 5.56 Å². The minimum atomic E-state index is -0.249. The van der Waals surface area contributed by atoms with Crippen LogP contribution in [0, 0.1) is 0 Å². The van der Waals surface area contributed by atoms with Gasteiger partial charge in [-0.25, -0.2) is 5.43 Å². The topological polar surface area (TPSA) is 46.4 Å². The summed E-state index contributed by atoms with van der Waals surface area (Å²) in [5.74, 6) is -0.249. The standard InChI is InChI=1S/C17H15N3OS/c1-20-14-9-5-6-10-15(14)22-17(20)19-18-16(21)12-11-13-7-3-2-4-8-13/h2-12H,1H3,(H,18,21)/b12-11+,19-17-. The third-order valence-corrected chi connectivity index (χ3v) is 4.32. The number of hydrogen-bond acceptors (Lipinski definition) is 3. The molecule has 5 heteroatoms. The second kappa shape index (κ2) is 6.41. The van der Waals surface area contributed by atoms with Gasteiger partial charge in [-0.3, -0.25) is 4.79 Å². The molecule has 0 fully saturated rings. The highest BCUT2D eigenvalue weighted by Crippen LogP contribution is 2.14. The molecule has 0 spiro atoms. The number of aromatic nitrogens is 1. The van der Waals surface area contributed by atoms with Crippen LogP contribution in [-0.4, -0.2) is 10.5 Å². The van der Waals surface area contributed by atoms with Crippen molar-refractivity contribution in [2.45, 2.75) is 0 Å². The van der Waals surface area contributed by atoms with Crippen molar-refractivity contribution in [2.75, 3.05) is 0 Å². The molecule has 0 saturated heterocycles. The van der Waals surface area contributed by atoms with Crippen LogP contribution in [0.2, 0.25) is 0 Å². The van der Waals surface area contributed by atoms with Crippen LogP contribution in [0.4, 0.5) is 0 Å². The summed E-state index contributed by atoms with van der Waals surface area (Å²) in [6, 6.07) is 17.7. The first-order valence-electron chi connectivity index (χ1n) is 6.85. The molecule has 3 rings (SSSR count). The predicted molar refractivity (Wildman–Crippen MR) is 90.0 cm³/mol. The number of carbonyl (C=O) groups is 1. The van der Waals surface area contributed by atoms with Crippen molar-refractivity contribution in [2.24, 2.45) is 12.1 Å². The van der Waals surface area contributed by atoms with E-state index in [4.69, 9.17) is 0 Å². The van der Waals surface area contributed by atoms with Crippen LogP contribution in [0.25, 0.3) is 16.3 Å². The maximum atomic E-state index is 11.8. The minimum Gasteiger partial charge on any atom is -0.318 e. The largest absolute Gasteiger partial charge is 0.318 e. The summed E-state index contributed by atoms with van der Waals surface area (Å²) < 4.78 is 3.10. The smallest absolute Gasteiger partial charge is 0.264 e. The molecule has 0 aliphatic rings. The molecule has 0 aliphatic carbocycles. The molecule has 0 unspecified atom stereocenters. The van der Waals surface area contributed by atoms with Crippen LogP contribution in [-0.2, 0) is 11.8 Å². The summed E-state index contributed by atoms with van der Waals surface area (Å²) in [6.07, 6.45) is 3.24. The quantitative estimate of drug-likeness (QED) is 0.587. The lowest BCUT2D eigenvalue weighted by Crippen LogP contribution is -2.21. The van der Waals surface area contributed by atoms with Gasteiger partial charge in [0, 0.05) is 13.1 Å². The zero-order valence-corrected chi connectivity index (χ0v) is 12.9. The zero-order chi connectivity index (χ0) is 15.4. The van der Waals surface area contributed by atoms with E-state index in [1.807, 2.05) is 66.2 Å². The van der Waals surface area contributed by atoms with Gasteiger partial charge in [-0.2, -0.15) is 0 Å². The van der Waals surface area contributed by atoms with E-state index in [0.29, 0.717) is 0 Å². The van der Waals surface area contributed by atoms with Crippen LogP contribution < -0.4 is 10.2 Å². The summed E-state index contributed by atoms with van der Waals surface area (Å²) in [6.45, 7) is 0. The van der Waals surface area contributed by atoms with E-state index in [-0.39, 0.29) is 5.91 Å². The Hall–Kier alpha value is -2.66. The van der Waals surface area contributed by atoms with Crippen molar-refractivity contribution in [3.05, 3.63) is 71.0 Å². The molecule has 3 aromatic rings. The van der Waals surface area contributed by atoms with Crippen molar-refractivity contribution in [1.82, 2.24) is 9.99 Å². The van der Waals surface area contributed by atoms with Gasteiger partial charge >= 0.3 is 0 Å². The number of amides is 1. The van der Waals surface area contributed by atoms with Crippen molar-refractivity contribution in [3.8, 4) is 0 Å². The lowest BCUT2D eigenvalue weighted by molar-refractivity contribution is -0.116. The Labute approximate surface area is 132 Å². The Kier molecular flexibility index (Phi) is 4.16. The minimum absolute atomic E-state index is 0.249. The van der Waals surface area contributed by atoms with Crippen LogP contribution in [0.5, 0.6) is 0 Å². The number of thiazole rings is 1. The second-order valence-corrected chi connectivity index (χ2v) is 5.75. The van der Waals surface area contributed by atoms with Crippen molar-refractivity contribution < 1.29 is 4.79 Å². The fourth-order valence-electron chi connectivity index (χ4n) is 2.06. The number of fused-ring (bicyclic) bond motifs is 1. The van der Waals surface area contributed by atoms with Gasteiger partial charge in [-0.05, 0) is 23.8 Å². The third kappa shape index (κ3) is 3.15. The molecular formula is C17H15N3OS. The fourth-order valence-corrected chi connectivity index (χ4v) is 3.04. The zero-order valence-electron chi connectivity index (χ0n) is 12.1. The molecule has 0 atom stereocenters. The summed E-state index contributed by atoms with van der Waals surface area (Å²) in [5, 5.41) is 4.19. The maximum Gasteiger partial charge on any atom is 0.264 e. The summed E-state index contributed by atoms with van der Waals surface area (Å²) in [7, 11) is 1.93. The first-order chi connectivity index (χ1) is 10.7. The molecule has 0 aliphatic heterocycles. The van der Waals surface area contributed by atoms with E-state index in [1.54, 1.807) is 6.08 Å². The molecule has 22 heavy (non-hydrogen) atoms. The molecule has 0 radical (unpaired) electrons. The molecule has 1 amide bonds. The molecule has 1 N–H and O–H groups in total. The molecule has 1 heterocycles. The molecule has 0 saturated carbocycles. The molecule has 0 bridgehead atoms. The highest BCUT2D eigenvalue weighted by atomic mass is 32.1. The Morgan fingerprint density at radius 3 is 2.64 bits per heavy atom. The average Bonchev–Trinajstić information content (AvgIpc) is 2.88. The Morgan fingerprint density at radius 1 is 1.14 bits per heavy atom. The van der Waals surface area contributed by atoms with Crippen LogP contribution in [0.15, 0.2) is 65.8 Å². The van der Waals surface area contributed by atoms with Gasteiger partial charge in [0.25, 0.3) is 5.91 Å². The lowest BCUT2D eigenvalue weighted by Gasteiger charge is -1.95. The number of aryl methyl sites for hydroxylation is 1. The molecule has 2 aromatic carbocycles.